The predicted octanol–water partition coefficient (Wildman–Crippen LogP) is 9.92. The molecule has 1 aromatic heterocycles. The van der Waals surface area contributed by atoms with Gasteiger partial charge in [0.25, 0.3) is 0 Å². The Balaban J connectivity index is 1.64. The van der Waals surface area contributed by atoms with Crippen LogP contribution >= 0.6 is 0 Å². The molecule has 0 spiro atoms. The van der Waals surface area contributed by atoms with Crippen LogP contribution in [0.3, 0.4) is 0 Å². The third-order valence-corrected chi connectivity index (χ3v) is 7.16. The molecule has 38 heavy (non-hydrogen) atoms. The van der Waals surface area contributed by atoms with Gasteiger partial charge in [0, 0.05) is 27.8 Å². The van der Waals surface area contributed by atoms with Crippen LogP contribution in [-0.2, 0) is 0 Å². The Kier molecular flexibility index (Phi) is 5.49. The topological polar surface area (TPSA) is 8.17 Å². The molecular weight excluding hydrogens is 460 g/mol. The van der Waals surface area contributed by atoms with Crippen molar-refractivity contribution >= 4 is 38.9 Å². The van der Waals surface area contributed by atoms with Gasteiger partial charge in [-0.05, 0) is 59.7 Å². The van der Waals surface area contributed by atoms with Crippen molar-refractivity contribution in [2.24, 2.45) is 0 Å². The van der Waals surface area contributed by atoms with Crippen LogP contribution in [0, 0.1) is 0 Å². The van der Waals surface area contributed by atoms with Crippen molar-refractivity contribution in [2.75, 3.05) is 4.90 Å². The Bertz CT molecular complexity index is 1800. The number of para-hydroxylation sites is 4. The van der Waals surface area contributed by atoms with Crippen molar-refractivity contribution in [3.8, 4) is 16.8 Å². The summed E-state index contributed by atoms with van der Waals surface area (Å²) in [6, 6.07) is 56.0. The van der Waals surface area contributed by atoms with Gasteiger partial charge in [0.2, 0.25) is 0 Å². The molecule has 0 unspecified atom stereocenters. The van der Waals surface area contributed by atoms with E-state index in [1.807, 2.05) is 0 Å². The van der Waals surface area contributed by atoms with Gasteiger partial charge in [-0.1, -0.05) is 109 Å². The first kappa shape index (κ1) is 22.1. The van der Waals surface area contributed by atoms with Crippen LogP contribution in [0.4, 0.5) is 17.1 Å². The summed E-state index contributed by atoms with van der Waals surface area (Å²) in [5.74, 6) is 0. The summed E-state index contributed by atoms with van der Waals surface area (Å²) in [5.41, 5.74) is 9.37. The van der Waals surface area contributed by atoms with Crippen LogP contribution in [-0.4, -0.2) is 4.57 Å². The van der Waals surface area contributed by atoms with Crippen molar-refractivity contribution in [3.05, 3.63) is 158 Å². The average Bonchev–Trinajstić information content (AvgIpc) is 3.35. The number of benzene rings is 6. The predicted molar refractivity (Wildman–Crippen MR) is 161 cm³/mol. The molecule has 0 aliphatic heterocycles. The van der Waals surface area contributed by atoms with Crippen LogP contribution in [0.25, 0.3) is 38.6 Å². The fraction of sp³-hybridized carbons (Fsp3) is 0. The summed E-state index contributed by atoms with van der Waals surface area (Å²) in [5, 5.41) is 2.50. The standard InChI is InChI=1S/C36H26N2/c1-5-15-27(16-6-1)31-23-13-25-33-35(31)32-24-14-26-34(36(32)38(33)30-21-11-4-12-22-30)37(28-17-7-2-8-18-28)29-19-9-3-10-20-29/h1-26H. The minimum Gasteiger partial charge on any atom is -0.308 e. The number of anilines is 3. The monoisotopic (exact) mass is 486 g/mol. The summed E-state index contributed by atoms with van der Waals surface area (Å²) in [4.78, 5) is 2.36. The summed E-state index contributed by atoms with van der Waals surface area (Å²) in [6.45, 7) is 0. The van der Waals surface area contributed by atoms with Gasteiger partial charge < -0.3 is 9.47 Å². The highest BCUT2D eigenvalue weighted by Crippen LogP contribution is 2.45. The van der Waals surface area contributed by atoms with E-state index in [1.165, 1.54) is 32.9 Å². The lowest BCUT2D eigenvalue weighted by Gasteiger charge is -2.27. The normalized spacial score (nSPS) is 11.2. The molecule has 7 rings (SSSR count). The Morgan fingerprint density at radius 2 is 1.00 bits per heavy atom. The summed E-state index contributed by atoms with van der Waals surface area (Å²) >= 11 is 0. The Morgan fingerprint density at radius 3 is 1.63 bits per heavy atom. The van der Waals surface area contributed by atoms with Gasteiger partial charge in [-0.15, -0.1) is 0 Å². The third kappa shape index (κ3) is 3.66. The van der Waals surface area contributed by atoms with E-state index in [0.717, 1.165) is 22.7 Å². The second-order valence-corrected chi connectivity index (χ2v) is 9.42. The molecule has 0 saturated carbocycles. The number of nitrogens with zero attached hydrogens (tertiary/aromatic N) is 2. The quantitative estimate of drug-likeness (QED) is 0.235. The Labute approximate surface area is 222 Å². The van der Waals surface area contributed by atoms with Gasteiger partial charge in [0.15, 0.2) is 0 Å². The first-order valence-corrected chi connectivity index (χ1v) is 13.0. The second-order valence-electron chi connectivity index (χ2n) is 9.42. The second kappa shape index (κ2) is 9.42. The van der Waals surface area contributed by atoms with E-state index in [0.29, 0.717) is 0 Å². The van der Waals surface area contributed by atoms with Crippen molar-refractivity contribution < 1.29 is 0 Å². The van der Waals surface area contributed by atoms with Crippen LogP contribution in [0.2, 0.25) is 0 Å². The van der Waals surface area contributed by atoms with Gasteiger partial charge in [-0.25, -0.2) is 0 Å². The van der Waals surface area contributed by atoms with E-state index in [1.54, 1.807) is 0 Å². The number of fused-ring (bicyclic) bond motifs is 3. The fourth-order valence-electron chi connectivity index (χ4n) is 5.56. The number of hydrogen-bond donors (Lipinski definition) is 0. The van der Waals surface area contributed by atoms with Gasteiger partial charge in [-0.2, -0.15) is 0 Å². The van der Waals surface area contributed by atoms with Crippen molar-refractivity contribution in [1.82, 2.24) is 4.57 Å². The molecule has 0 amide bonds. The van der Waals surface area contributed by atoms with Crippen molar-refractivity contribution in [1.29, 1.82) is 0 Å². The van der Waals surface area contributed by atoms with E-state index in [9.17, 15) is 0 Å². The van der Waals surface area contributed by atoms with Crippen molar-refractivity contribution in [3.63, 3.8) is 0 Å². The smallest absolute Gasteiger partial charge is 0.0782 e. The number of rotatable bonds is 5. The first-order chi connectivity index (χ1) is 18.9. The Hall–Kier alpha value is -5.08. The fourth-order valence-corrected chi connectivity index (χ4v) is 5.56. The lowest BCUT2D eigenvalue weighted by Crippen LogP contribution is -2.11. The summed E-state index contributed by atoms with van der Waals surface area (Å²) in [7, 11) is 0. The molecule has 0 atom stereocenters. The van der Waals surface area contributed by atoms with Crippen LogP contribution in [0.5, 0.6) is 0 Å². The van der Waals surface area contributed by atoms with Gasteiger partial charge in [0.1, 0.15) is 0 Å². The highest BCUT2D eigenvalue weighted by molar-refractivity contribution is 6.19. The maximum absolute atomic E-state index is 2.42. The molecule has 1 heterocycles. The Morgan fingerprint density at radius 1 is 0.447 bits per heavy atom. The number of hydrogen-bond acceptors (Lipinski definition) is 1. The molecule has 0 radical (unpaired) electrons. The maximum Gasteiger partial charge on any atom is 0.0782 e. The summed E-state index contributed by atoms with van der Waals surface area (Å²) in [6.07, 6.45) is 0. The first-order valence-electron chi connectivity index (χ1n) is 13.0. The molecular formula is C36H26N2. The van der Waals surface area contributed by atoms with Gasteiger partial charge in [-0.3, -0.25) is 0 Å². The van der Waals surface area contributed by atoms with E-state index >= 15 is 0 Å². The molecule has 0 aliphatic rings. The highest BCUT2D eigenvalue weighted by Gasteiger charge is 2.22. The van der Waals surface area contributed by atoms with E-state index < -0.39 is 0 Å². The van der Waals surface area contributed by atoms with Crippen molar-refractivity contribution in [2.45, 2.75) is 0 Å². The lowest BCUT2D eigenvalue weighted by molar-refractivity contribution is 1.17. The molecule has 0 aliphatic carbocycles. The molecule has 0 fully saturated rings. The molecule has 2 heteroatoms. The molecule has 6 aromatic carbocycles. The molecule has 0 bridgehead atoms. The molecule has 7 aromatic rings. The summed E-state index contributed by atoms with van der Waals surface area (Å²) < 4.78 is 2.42. The zero-order valence-electron chi connectivity index (χ0n) is 20.9. The minimum atomic E-state index is 1.12. The minimum absolute atomic E-state index is 1.12. The van der Waals surface area contributed by atoms with Crippen LogP contribution in [0.1, 0.15) is 0 Å². The van der Waals surface area contributed by atoms with Gasteiger partial charge >= 0.3 is 0 Å². The average molecular weight is 487 g/mol. The van der Waals surface area contributed by atoms with E-state index in [-0.39, 0.29) is 0 Å². The van der Waals surface area contributed by atoms with Crippen LogP contribution in [0.15, 0.2) is 158 Å². The molecule has 2 nitrogen and oxygen atoms in total. The molecule has 0 N–H and O–H groups in total. The lowest BCUT2D eigenvalue weighted by atomic mass is 9.99. The highest BCUT2D eigenvalue weighted by atomic mass is 15.2. The zero-order chi connectivity index (χ0) is 25.3. The van der Waals surface area contributed by atoms with Crippen LogP contribution < -0.4 is 4.90 Å². The van der Waals surface area contributed by atoms with Gasteiger partial charge in [0.05, 0.1) is 16.7 Å². The maximum atomic E-state index is 2.42. The van der Waals surface area contributed by atoms with E-state index in [2.05, 4.69) is 167 Å². The molecule has 180 valence electrons. The number of aromatic nitrogens is 1. The SMILES string of the molecule is c1ccc(-c2cccc3c2c2cccc(N(c4ccccc4)c4ccccc4)c2n3-c2ccccc2)cc1. The third-order valence-electron chi connectivity index (χ3n) is 7.16. The largest absolute Gasteiger partial charge is 0.308 e. The van der Waals surface area contributed by atoms with E-state index in [4.69, 9.17) is 0 Å². The zero-order valence-corrected chi connectivity index (χ0v) is 20.9. The molecule has 0 saturated heterocycles.